The molecule has 37 heavy (non-hydrogen) atoms. The minimum absolute atomic E-state index is 0.152. The Morgan fingerprint density at radius 3 is 2.38 bits per heavy atom. The maximum Gasteiger partial charge on any atom is 0.410 e. The van der Waals surface area contributed by atoms with Crippen molar-refractivity contribution < 1.29 is 18.7 Å². The highest BCUT2D eigenvalue weighted by Gasteiger charge is 2.26. The van der Waals surface area contributed by atoms with E-state index in [1.54, 1.807) is 17.0 Å². The van der Waals surface area contributed by atoms with Gasteiger partial charge in [0.25, 0.3) is 0 Å². The van der Waals surface area contributed by atoms with Gasteiger partial charge >= 0.3 is 6.09 Å². The van der Waals surface area contributed by atoms with Crippen LogP contribution in [0.15, 0.2) is 72.8 Å². The van der Waals surface area contributed by atoms with Crippen LogP contribution in [0.3, 0.4) is 0 Å². The topological polar surface area (TPSA) is 50.8 Å². The fourth-order valence-electron chi connectivity index (χ4n) is 4.02. The molecular formula is C31H33FN2O3. The molecule has 0 radical (unpaired) electrons. The van der Waals surface area contributed by atoms with E-state index in [9.17, 15) is 9.18 Å². The third-order valence-corrected chi connectivity index (χ3v) is 5.93. The van der Waals surface area contributed by atoms with Crippen molar-refractivity contribution in [3.8, 4) is 17.6 Å². The number of hydrogen-bond donors (Lipinski definition) is 1. The summed E-state index contributed by atoms with van der Waals surface area (Å²) in [7, 11) is 0. The lowest BCUT2D eigenvalue weighted by atomic mass is 9.97. The van der Waals surface area contributed by atoms with Gasteiger partial charge in [-0.1, -0.05) is 48.2 Å². The van der Waals surface area contributed by atoms with E-state index in [1.807, 2.05) is 69.3 Å². The van der Waals surface area contributed by atoms with E-state index >= 15 is 0 Å². The second-order valence-corrected chi connectivity index (χ2v) is 10.1. The Morgan fingerprint density at radius 2 is 1.70 bits per heavy atom. The van der Waals surface area contributed by atoms with Crippen molar-refractivity contribution in [1.82, 2.24) is 4.90 Å². The zero-order chi connectivity index (χ0) is 26.3. The molecule has 0 unspecified atom stereocenters. The molecule has 0 bridgehead atoms. The molecule has 1 fully saturated rings. The van der Waals surface area contributed by atoms with Crippen molar-refractivity contribution in [2.24, 2.45) is 5.92 Å². The Balaban J connectivity index is 1.52. The van der Waals surface area contributed by atoms with Gasteiger partial charge in [-0.05, 0) is 75.6 Å². The van der Waals surface area contributed by atoms with Crippen LogP contribution in [0.25, 0.3) is 0 Å². The molecule has 1 N–H and O–H groups in total. The first-order chi connectivity index (χ1) is 17.8. The quantitative estimate of drug-likeness (QED) is 0.378. The fraction of sp³-hybridized carbons (Fsp3) is 0.323. The summed E-state index contributed by atoms with van der Waals surface area (Å²) in [4.78, 5) is 14.1. The average molecular weight is 501 g/mol. The molecule has 0 aliphatic carbocycles. The van der Waals surface area contributed by atoms with Gasteiger partial charge in [0, 0.05) is 24.7 Å². The van der Waals surface area contributed by atoms with Crippen molar-refractivity contribution in [2.45, 2.75) is 45.8 Å². The number of piperidine rings is 1. The summed E-state index contributed by atoms with van der Waals surface area (Å²) in [6.45, 7) is 7.26. The number of likely N-dealkylation sites (tertiary alicyclic amines) is 1. The lowest BCUT2D eigenvalue weighted by Gasteiger charge is -2.31. The summed E-state index contributed by atoms with van der Waals surface area (Å²) >= 11 is 0. The van der Waals surface area contributed by atoms with Gasteiger partial charge in [0.1, 0.15) is 23.8 Å². The van der Waals surface area contributed by atoms with Crippen molar-refractivity contribution in [1.29, 1.82) is 0 Å². The van der Waals surface area contributed by atoms with E-state index in [1.165, 1.54) is 12.1 Å². The summed E-state index contributed by atoms with van der Waals surface area (Å²) in [5.74, 6) is 7.31. The number of anilines is 2. The number of benzene rings is 3. The Labute approximate surface area is 218 Å². The van der Waals surface area contributed by atoms with Gasteiger partial charge in [-0.3, -0.25) is 0 Å². The van der Waals surface area contributed by atoms with Crippen molar-refractivity contribution in [3.63, 3.8) is 0 Å². The third kappa shape index (κ3) is 7.75. The molecule has 1 saturated heterocycles. The van der Waals surface area contributed by atoms with Crippen LogP contribution in [0.5, 0.6) is 5.75 Å². The predicted octanol–water partition coefficient (Wildman–Crippen LogP) is 7.15. The summed E-state index contributed by atoms with van der Waals surface area (Å²) in [6.07, 6.45) is 1.28. The average Bonchev–Trinajstić information content (AvgIpc) is 2.88. The van der Waals surface area contributed by atoms with E-state index in [-0.39, 0.29) is 17.8 Å². The van der Waals surface area contributed by atoms with Gasteiger partial charge in [0.15, 0.2) is 0 Å². The zero-order valence-corrected chi connectivity index (χ0v) is 21.6. The molecule has 1 amide bonds. The van der Waals surface area contributed by atoms with Crippen molar-refractivity contribution in [3.05, 3.63) is 89.7 Å². The van der Waals surface area contributed by atoms with Crippen LogP contribution in [-0.2, 0) is 11.3 Å². The highest BCUT2D eigenvalue weighted by Crippen LogP contribution is 2.30. The number of carbonyl (C=O) groups is 1. The van der Waals surface area contributed by atoms with Crippen LogP contribution in [0, 0.1) is 23.6 Å². The molecular weight excluding hydrogens is 467 g/mol. The third-order valence-electron chi connectivity index (χ3n) is 5.93. The Hall–Kier alpha value is -3.98. The van der Waals surface area contributed by atoms with Gasteiger partial charge < -0.3 is 19.7 Å². The molecule has 0 saturated carbocycles. The van der Waals surface area contributed by atoms with E-state index < -0.39 is 5.60 Å². The highest BCUT2D eigenvalue weighted by atomic mass is 19.1. The van der Waals surface area contributed by atoms with Gasteiger partial charge in [-0.2, -0.15) is 0 Å². The first kappa shape index (κ1) is 26.1. The molecule has 192 valence electrons. The molecule has 4 rings (SSSR count). The van der Waals surface area contributed by atoms with E-state index in [0.29, 0.717) is 25.4 Å². The molecule has 0 spiro atoms. The molecule has 0 atom stereocenters. The molecule has 1 heterocycles. The predicted molar refractivity (Wildman–Crippen MR) is 144 cm³/mol. The maximum absolute atomic E-state index is 13.4. The van der Waals surface area contributed by atoms with Crippen molar-refractivity contribution in [2.75, 3.05) is 18.4 Å². The smallest absolute Gasteiger partial charge is 0.410 e. The largest absolute Gasteiger partial charge is 0.488 e. The van der Waals surface area contributed by atoms with Crippen LogP contribution < -0.4 is 10.1 Å². The summed E-state index contributed by atoms with van der Waals surface area (Å²) in [5, 5.41) is 3.35. The van der Waals surface area contributed by atoms with Crippen molar-refractivity contribution >= 4 is 17.5 Å². The highest BCUT2D eigenvalue weighted by molar-refractivity contribution is 5.71. The minimum Gasteiger partial charge on any atom is -0.488 e. The Kier molecular flexibility index (Phi) is 8.35. The molecule has 6 heteroatoms. The number of rotatable bonds is 5. The molecule has 3 aromatic rings. The summed E-state index contributed by atoms with van der Waals surface area (Å²) in [5.41, 5.74) is 2.85. The van der Waals surface area contributed by atoms with Crippen LogP contribution in [0.1, 0.15) is 44.7 Å². The standard InChI is InChI=1S/C31H33FN2O3/c1-31(2,3)37-30(35)34-20-18-23(19-21-34)12-17-27-28(33-26-15-13-25(32)14-16-26)10-7-11-29(27)36-22-24-8-5-4-6-9-24/h4-11,13-16,23,33H,18-22H2,1-3H3. The second-order valence-electron chi connectivity index (χ2n) is 10.1. The monoisotopic (exact) mass is 500 g/mol. The number of ether oxygens (including phenoxy) is 2. The Morgan fingerprint density at radius 1 is 1.00 bits per heavy atom. The second kappa shape index (κ2) is 11.8. The summed E-state index contributed by atoms with van der Waals surface area (Å²) in [6, 6.07) is 22.0. The van der Waals surface area contributed by atoms with E-state index in [2.05, 4.69) is 17.2 Å². The number of halogens is 1. The normalized spacial score (nSPS) is 13.9. The Bertz CT molecular complexity index is 1250. The van der Waals surface area contributed by atoms with E-state index in [4.69, 9.17) is 9.47 Å². The van der Waals surface area contributed by atoms with Crippen LogP contribution in [0.4, 0.5) is 20.6 Å². The zero-order valence-electron chi connectivity index (χ0n) is 21.6. The van der Waals surface area contributed by atoms with Crippen LogP contribution >= 0.6 is 0 Å². The van der Waals surface area contributed by atoms with Gasteiger partial charge in [-0.25, -0.2) is 9.18 Å². The maximum atomic E-state index is 13.4. The molecule has 3 aromatic carbocycles. The first-order valence-electron chi connectivity index (χ1n) is 12.6. The van der Waals surface area contributed by atoms with Crippen LogP contribution in [-0.4, -0.2) is 29.7 Å². The lowest BCUT2D eigenvalue weighted by Crippen LogP contribution is -2.41. The minimum atomic E-state index is -0.509. The molecule has 1 aliphatic rings. The molecule has 1 aliphatic heterocycles. The van der Waals surface area contributed by atoms with E-state index in [0.717, 1.165) is 35.3 Å². The summed E-state index contributed by atoms with van der Waals surface area (Å²) < 4.78 is 25.1. The van der Waals surface area contributed by atoms with Gasteiger partial charge in [-0.15, -0.1) is 0 Å². The van der Waals surface area contributed by atoms with Gasteiger partial charge in [0.05, 0.1) is 11.3 Å². The first-order valence-corrected chi connectivity index (χ1v) is 12.6. The van der Waals surface area contributed by atoms with Gasteiger partial charge in [0.2, 0.25) is 0 Å². The molecule has 0 aromatic heterocycles. The number of carbonyl (C=O) groups excluding carboxylic acids is 1. The molecule has 5 nitrogen and oxygen atoms in total. The van der Waals surface area contributed by atoms with Crippen LogP contribution in [0.2, 0.25) is 0 Å². The lowest BCUT2D eigenvalue weighted by molar-refractivity contribution is 0.0199. The number of nitrogens with one attached hydrogen (secondary N) is 1. The number of amides is 1. The fourth-order valence-corrected chi connectivity index (χ4v) is 4.02. The SMILES string of the molecule is CC(C)(C)OC(=O)N1CCC(C#Cc2c(Nc3ccc(F)cc3)cccc2OCc2ccccc2)CC1. The number of nitrogens with zero attached hydrogens (tertiary/aromatic N) is 1. The number of hydrogen-bond acceptors (Lipinski definition) is 4.